The first-order valence-corrected chi connectivity index (χ1v) is 11.3. The lowest BCUT2D eigenvalue weighted by Crippen LogP contribution is -2.30. The molecule has 2 heterocycles. The van der Waals surface area contributed by atoms with E-state index >= 15 is 0 Å². The highest BCUT2D eigenvalue weighted by atomic mass is 32.7. The molecule has 2 fully saturated rings. The predicted molar refractivity (Wildman–Crippen MR) is 92.4 cm³/mol. The van der Waals surface area contributed by atoms with Crippen LogP contribution >= 0.6 is 18.2 Å². The van der Waals surface area contributed by atoms with Crippen LogP contribution < -0.4 is 0 Å². The molecule has 2 radical (unpaired) electrons. The lowest BCUT2D eigenvalue weighted by molar-refractivity contribution is -0.0288. The van der Waals surface area contributed by atoms with E-state index in [1.54, 1.807) is 0 Å². The van der Waals surface area contributed by atoms with E-state index in [0.717, 1.165) is 17.8 Å². The summed E-state index contributed by atoms with van der Waals surface area (Å²) in [5, 5.41) is 0. The third-order valence-corrected chi connectivity index (χ3v) is 6.85. The molecule has 1 N–H and O–H groups in total. The van der Waals surface area contributed by atoms with Crippen molar-refractivity contribution < 1.29 is 32.9 Å². The van der Waals surface area contributed by atoms with Gasteiger partial charge in [0.2, 0.25) is 0 Å². The Morgan fingerprint density at radius 3 is 2.79 bits per heavy atom. The molecule has 2 aliphatic rings. The minimum atomic E-state index is -3.85. The molecule has 24 heavy (non-hydrogen) atoms. The lowest BCUT2D eigenvalue weighted by Gasteiger charge is -2.24. The van der Waals surface area contributed by atoms with Gasteiger partial charge in [0, 0.05) is 25.5 Å². The van der Waals surface area contributed by atoms with Crippen LogP contribution in [0.1, 0.15) is 26.7 Å². The van der Waals surface area contributed by atoms with E-state index < -0.39 is 25.0 Å². The molecule has 0 aliphatic carbocycles. The average Bonchev–Trinajstić information content (AvgIpc) is 3.03. The van der Waals surface area contributed by atoms with Crippen LogP contribution in [0.2, 0.25) is 0 Å². The number of rotatable bonds is 9. The molecule has 0 bridgehead atoms. The van der Waals surface area contributed by atoms with Gasteiger partial charge in [0.1, 0.15) is 14.0 Å². The summed E-state index contributed by atoms with van der Waals surface area (Å²) in [5.41, 5.74) is 0. The van der Waals surface area contributed by atoms with E-state index in [1.165, 1.54) is 7.11 Å². The monoisotopic (exact) mass is 380 g/mol. The quantitative estimate of drug-likeness (QED) is 0.478. The topological polar surface area (TPSA) is 83.5 Å². The first-order valence-electron chi connectivity index (χ1n) is 8.13. The molecule has 0 aromatic rings. The van der Waals surface area contributed by atoms with Gasteiger partial charge in [0.15, 0.2) is 0 Å². The maximum absolute atomic E-state index is 12.4. The van der Waals surface area contributed by atoms with Crippen molar-refractivity contribution >= 4 is 26.0 Å². The molecule has 6 atom stereocenters. The maximum Gasteiger partial charge on any atom is 0.387 e. The van der Waals surface area contributed by atoms with Crippen molar-refractivity contribution in [2.45, 2.75) is 63.2 Å². The van der Waals surface area contributed by atoms with Crippen molar-refractivity contribution in [2.75, 3.05) is 26.1 Å². The van der Waals surface area contributed by atoms with Crippen LogP contribution in [0, 0.1) is 0 Å². The zero-order valence-corrected chi connectivity index (χ0v) is 16.0. The highest BCUT2D eigenvalue weighted by Gasteiger charge is 2.39. The van der Waals surface area contributed by atoms with Crippen LogP contribution in [0.3, 0.4) is 0 Å². The van der Waals surface area contributed by atoms with Crippen LogP contribution in [0.4, 0.5) is 0 Å². The molecule has 0 spiro atoms. The van der Waals surface area contributed by atoms with Gasteiger partial charge in [0.05, 0.1) is 31.0 Å². The molecule has 138 valence electrons. The average molecular weight is 380 g/mol. The number of methoxy groups -OCH3 is 1. The molecule has 2 saturated heterocycles. The fraction of sp³-hybridized carbons (Fsp3) is 1.00. The second-order valence-corrected chi connectivity index (χ2v) is 10.1. The highest BCUT2D eigenvalue weighted by molar-refractivity contribution is 8.54. The standard InChI is InChI=1S/C14H26BO7PS/c1-9(2)20-10-4-5-19-13(10)8-24-23(16,17)22-11-6-14(15)21-12(11)7-18-3/h9-14H,4-8H2,1-3H3,(H,16,17)/t10?,11?,12-,13-,14-/m1/s1. The fourth-order valence-electron chi connectivity index (χ4n) is 2.83. The smallest absolute Gasteiger partial charge is 0.382 e. The molecule has 0 amide bonds. The Morgan fingerprint density at radius 2 is 2.12 bits per heavy atom. The molecular formula is C14H26BO7PS. The van der Waals surface area contributed by atoms with Crippen molar-refractivity contribution in [3.63, 3.8) is 0 Å². The molecule has 2 aliphatic heterocycles. The third-order valence-electron chi connectivity index (χ3n) is 3.83. The minimum absolute atomic E-state index is 0.0537. The van der Waals surface area contributed by atoms with Crippen LogP contribution in [-0.2, 0) is 28.0 Å². The molecule has 0 aromatic heterocycles. The Hall–Kier alpha value is 0.405. The Bertz CT molecular complexity index is 441. The van der Waals surface area contributed by atoms with E-state index in [0.29, 0.717) is 18.8 Å². The first-order chi connectivity index (χ1) is 11.3. The normalized spacial score (nSPS) is 36.3. The van der Waals surface area contributed by atoms with E-state index in [1.807, 2.05) is 13.8 Å². The molecule has 7 nitrogen and oxygen atoms in total. The van der Waals surface area contributed by atoms with Gasteiger partial charge in [-0.15, -0.1) is 0 Å². The van der Waals surface area contributed by atoms with Crippen LogP contribution in [0.25, 0.3) is 0 Å². The fourth-order valence-corrected chi connectivity index (χ4v) is 5.62. The van der Waals surface area contributed by atoms with Gasteiger partial charge >= 0.3 is 6.80 Å². The summed E-state index contributed by atoms with van der Waals surface area (Å²) in [6.45, 7) is 0.929. The van der Waals surface area contributed by atoms with Crippen LogP contribution in [0.15, 0.2) is 0 Å². The third kappa shape index (κ3) is 6.29. The zero-order chi connectivity index (χ0) is 17.7. The number of ether oxygens (including phenoxy) is 4. The minimum Gasteiger partial charge on any atom is -0.382 e. The molecule has 0 saturated carbocycles. The Balaban J connectivity index is 1.83. The Morgan fingerprint density at radius 1 is 1.38 bits per heavy atom. The molecule has 2 rings (SSSR count). The summed E-state index contributed by atoms with van der Waals surface area (Å²) in [4.78, 5) is 10.1. The van der Waals surface area contributed by atoms with Gasteiger partial charge in [-0.25, -0.2) is 4.57 Å². The van der Waals surface area contributed by atoms with Gasteiger partial charge in [-0.05, 0) is 38.1 Å². The summed E-state index contributed by atoms with van der Waals surface area (Å²) in [6.07, 6.45) is -0.0192. The van der Waals surface area contributed by atoms with Gasteiger partial charge in [-0.3, -0.25) is 4.52 Å². The second-order valence-electron chi connectivity index (χ2n) is 6.23. The Labute approximate surface area is 148 Å². The summed E-state index contributed by atoms with van der Waals surface area (Å²) in [5.74, 6) is 0.333. The van der Waals surface area contributed by atoms with Crippen molar-refractivity contribution in [3.05, 3.63) is 0 Å². The van der Waals surface area contributed by atoms with E-state index in [4.69, 9.17) is 31.3 Å². The van der Waals surface area contributed by atoms with Crippen molar-refractivity contribution in [1.82, 2.24) is 0 Å². The number of hydrogen-bond donors (Lipinski definition) is 1. The summed E-state index contributed by atoms with van der Waals surface area (Å²) in [7, 11) is 7.26. The summed E-state index contributed by atoms with van der Waals surface area (Å²) < 4.78 is 39.6. The summed E-state index contributed by atoms with van der Waals surface area (Å²) >= 11 is 0.862. The number of hydrogen-bond acceptors (Lipinski definition) is 7. The van der Waals surface area contributed by atoms with Crippen molar-refractivity contribution in [3.8, 4) is 0 Å². The van der Waals surface area contributed by atoms with Gasteiger partial charge in [-0.1, -0.05) is 0 Å². The zero-order valence-electron chi connectivity index (χ0n) is 14.3. The molecule has 0 aromatic carbocycles. The molecule has 3 unspecified atom stereocenters. The van der Waals surface area contributed by atoms with Crippen LogP contribution in [0.5, 0.6) is 0 Å². The highest BCUT2D eigenvalue weighted by Crippen LogP contribution is 2.58. The predicted octanol–water partition coefficient (Wildman–Crippen LogP) is 1.72. The van der Waals surface area contributed by atoms with E-state index in [-0.39, 0.29) is 24.9 Å². The van der Waals surface area contributed by atoms with E-state index in [2.05, 4.69) is 0 Å². The van der Waals surface area contributed by atoms with Crippen molar-refractivity contribution in [1.29, 1.82) is 0 Å². The lowest BCUT2D eigenvalue weighted by atomic mass is 9.96. The SMILES string of the molecule is [B][C@H]1CC(OP(=O)(O)SC[C@H]2OCCC2OC(C)C)[C@@H](COC)O1. The van der Waals surface area contributed by atoms with Crippen LogP contribution in [-0.4, -0.2) is 75.3 Å². The van der Waals surface area contributed by atoms with Crippen molar-refractivity contribution in [2.24, 2.45) is 0 Å². The summed E-state index contributed by atoms with van der Waals surface area (Å²) in [6, 6.07) is -0.512. The largest absolute Gasteiger partial charge is 0.387 e. The molecular weight excluding hydrogens is 354 g/mol. The maximum atomic E-state index is 12.4. The first kappa shape index (κ1) is 20.7. The second kappa shape index (κ2) is 9.37. The van der Waals surface area contributed by atoms with Gasteiger partial charge in [-0.2, -0.15) is 0 Å². The Kier molecular flexibility index (Phi) is 8.09. The van der Waals surface area contributed by atoms with E-state index in [9.17, 15) is 9.46 Å². The van der Waals surface area contributed by atoms with Gasteiger partial charge < -0.3 is 23.8 Å². The molecule has 10 heteroatoms. The van der Waals surface area contributed by atoms with Gasteiger partial charge in [0.25, 0.3) is 0 Å².